The molecule has 0 saturated carbocycles. The van der Waals surface area contributed by atoms with E-state index in [1.807, 2.05) is 37.3 Å². The SMILES string of the molecule is COc1ccccc1C(=O)N[C@H](C)[C@H]1COc2ccccc2O1. The van der Waals surface area contributed by atoms with Crippen LogP contribution in [0.1, 0.15) is 17.3 Å². The number of nitrogens with one attached hydrogen (secondary N) is 1. The largest absolute Gasteiger partial charge is 0.496 e. The average Bonchev–Trinajstić information content (AvgIpc) is 2.61. The van der Waals surface area contributed by atoms with E-state index in [0.29, 0.717) is 23.7 Å². The molecule has 2 atom stereocenters. The zero-order valence-corrected chi connectivity index (χ0v) is 13.1. The highest BCUT2D eigenvalue weighted by atomic mass is 16.6. The second-order valence-electron chi connectivity index (χ2n) is 5.38. The summed E-state index contributed by atoms with van der Waals surface area (Å²) < 4.78 is 16.8. The number of carbonyl (C=O) groups is 1. The molecule has 23 heavy (non-hydrogen) atoms. The lowest BCUT2D eigenvalue weighted by molar-refractivity contribution is 0.0605. The summed E-state index contributed by atoms with van der Waals surface area (Å²) in [4.78, 5) is 12.4. The van der Waals surface area contributed by atoms with Crippen molar-refractivity contribution in [2.75, 3.05) is 13.7 Å². The first-order valence-corrected chi connectivity index (χ1v) is 7.51. The minimum atomic E-state index is -0.247. The number of hydrogen-bond donors (Lipinski definition) is 1. The van der Waals surface area contributed by atoms with Crippen LogP contribution in [0.5, 0.6) is 17.2 Å². The van der Waals surface area contributed by atoms with Crippen LogP contribution in [0, 0.1) is 0 Å². The molecule has 0 bridgehead atoms. The first-order valence-electron chi connectivity index (χ1n) is 7.51. The first-order chi connectivity index (χ1) is 11.2. The molecule has 120 valence electrons. The third kappa shape index (κ3) is 3.23. The maximum atomic E-state index is 12.4. The van der Waals surface area contributed by atoms with Gasteiger partial charge < -0.3 is 19.5 Å². The Kier molecular flexibility index (Phi) is 4.37. The second kappa shape index (κ2) is 6.60. The molecule has 0 radical (unpaired) electrons. The lowest BCUT2D eigenvalue weighted by Crippen LogP contribution is -2.48. The van der Waals surface area contributed by atoms with Crippen LogP contribution < -0.4 is 19.5 Å². The van der Waals surface area contributed by atoms with Gasteiger partial charge in [0.2, 0.25) is 0 Å². The molecule has 2 aromatic rings. The number of amides is 1. The minimum absolute atomic E-state index is 0.197. The predicted octanol–water partition coefficient (Wildman–Crippen LogP) is 2.65. The molecule has 0 aromatic heterocycles. The number of rotatable bonds is 4. The van der Waals surface area contributed by atoms with Crippen molar-refractivity contribution in [2.24, 2.45) is 0 Å². The first kappa shape index (κ1) is 15.2. The number of para-hydroxylation sites is 3. The zero-order chi connectivity index (χ0) is 16.2. The van der Waals surface area contributed by atoms with Gasteiger partial charge in [-0.05, 0) is 31.2 Å². The third-order valence-corrected chi connectivity index (χ3v) is 3.80. The van der Waals surface area contributed by atoms with Crippen LogP contribution >= 0.6 is 0 Å². The number of carbonyl (C=O) groups excluding carboxylic acids is 1. The smallest absolute Gasteiger partial charge is 0.255 e. The third-order valence-electron chi connectivity index (χ3n) is 3.80. The van der Waals surface area contributed by atoms with Crippen molar-refractivity contribution in [3.05, 3.63) is 54.1 Å². The molecule has 3 rings (SSSR count). The highest BCUT2D eigenvalue weighted by Crippen LogP contribution is 2.31. The molecule has 0 saturated heterocycles. The average molecular weight is 313 g/mol. The van der Waals surface area contributed by atoms with Gasteiger partial charge in [0.15, 0.2) is 17.6 Å². The van der Waals surface area contributed by atoms with Crippen molar-refractivity contribution in [1.29, 1.82) is 0 Å². The molecular weight excluding hydrogens is 294 g/mol. The molecule has 1 heterocycles. The van der Waals surface area contributed by atoms with Crippen molar-refractivity contribution < 1.29 is 19.0 Å². The van der Waals surface area contributed by atoms with Crippen LogP contribution in [0.25, 0.3) is 0 Å². The molecule has 0 unspecified atom stereocenters. The summed E-state index contributed by atoms with van der Waals surface area (Å²) in [5.74, 6) is 1.77. The Morgan fingerprint density at radius 1 is 1.17 bits per heavy atom. The van der Waals surface area contributed by atoms with Gasteiger partial charge in [-0.25, -0.2) is 0 Å². The Balaban J connectivity index is 1.68. The van der Waals surface area contributed by atoms with Crippen LogP contribution in [-0.4, -0.2) is 31.8 Å². The molecule has 1 aliphatic rings. The zero-order valence-electron chi connectivity index (χ0n) is 13.1. The summed E-state index contributed by atoms with van der Waals surface area (Å²) in [6.07, 6.45) is -0.247. The minimum Gasteiger partial charge on any atom is -0.496 e. The van der Waals surface area contributed by atoms with E-state index >= 15 is 0 Å². The number of fused-ring (bicyclic) bond motifs is 1. The molecular formula is C18H19NO4. The van der Waals surface area contributed by atoms with Crippen molar-refractivity contribution >= 4 is 5.91 Å². The van der Waals surface area contributed by atoms with Crippen LogP contribution in [-0.2, 0) is 0 Å². The number of ether oxygens (including phenoxy) is 3. The van der Waals surface area contributed by atoms with E-state index in [9.17, 15) is 4.79 Å². The van der Waals surface area contributed by atoms with E-state index in [1.54, 1.807) is 25.3 Å². The lowest BCUT2D eigenvalue weighted by Gasteiger charge is -2.30. The summed E-state index contributed by atoms with van der Waals surface area (Å²) in [5, 5.41) is 2.95. The Labute approximate surface area is 135 Å². The summed E-state index contributed by atoms with van der Waals surface area (Å²) in [6, 6.07) is 14.4. The van der Waals surface area contributed by atoms with Gasteiger partial charge in [-0.2, -0.15) is 0 Å². The number of hydrogen-bond acceptors (Lipinski definition) is 4. The van der Waals surface area contributed by atoms with Crippen molar-refractivity contribution in [1.82, 2.24) is 5.32 Å². The van der Waals surface area contributed by atoms with E-state index in [0.717, 1.165) is 5.75 Å². The fourth-order valence-corrected chi connectivity index (χ4v) is 2.49. The quantitative estimate of drug-likeness (QED) is 0.943. The van der Waals surface area contributed by atoms with Crippen molar-refractivity contribution in [3.8, 4) is 17.2 Å². The van der Waals surface area contributed by atoms with Crippen LogP contribution in [0.3, 0.4) is 0 Å². The molecule has 0 spiro atoms. The number of methoxy groups -OCH3 is 1. The fourth-order valence-electron chi connectivity index (χ4n) is 2.49. The van der Waals surface area contributed by atoms with Gasteiger partial charge in [-0.1, -0.05) is 24.3 Å². The van der Waals surface area contributed by atoms with Gasteiger partial charge in [-0.3, -0.25) is 4.79 Å². The highest BCUT2D eigenvalue weighted by molar-refractivity contribution is 5.97. The molecule has 5 heteroatoms. The van der Waals surface area contributed by atoms with E-state index in [4.69, 9.17) is 14.2 Å². The normalized spacial score (nSPS) is 17.2. The molecule has 1 aliphatic heterocycles. The summed E-state index contributed by atoms with van der Waals surface area (Å²) >= 11 is 0. The molecule has 0 fully saturated rings. The van der Waals surface area contributed by atoms with Crippen molar-refractivity contribution in [3.63, 3.8) is 0 Å². The Morgan fingerprint density at radius 2 is 1.87 bits per heavy atom. The monoisotopic (exact) mass is 313 g/mol. The maximum Gasteiger partial charge on any atom is 0.255 e. The Hall–Kier alpha value is -2.69. The van der Waals surface area contributed by atoms with Crippen molar-refractivity contribution in [2.45, 2.75) is 19.1 Å². The topological polar surface area (TPSA) is 56.8 Å². The highest BCUT2D eigenvalue weighted by Gasteiger charge is 2.27. The molecule has 2 aromatic carbocycles. The van der Waals surface area contributed by atoms with Crippen LogP contribution in [0.2, 0.25) is 0 Å². The second-order valence-corrected chi connectivity index (χ2v) is 5.38. The summed E-state index contributed by atoms with van der Waals surface area (Å²) in [6.45, 7) is 2.29. The van der Waals surface area contributed by atoms with E-state index in [2.05, 4.69) is 5.32 Å². The van der Waals surface area contributed by atoms with Gasteiger partial charge >= 0.3 is 0 Å². The van der Waals surface area contributed by atoms with Gasteiger partial charge in [0.05, 0.1) is 18.7 Å². The predicted molar refractivity (Wildman–Crippen MR) is 86.3 cm³/mol. The molecule has 0 aliphatic carbocycles. The van der Waals surface area contributed by atoms with E-state index in [1.165, 1.54) is 0 Å². The summed E-state index contributed by atoms with van der Waals surface area (Å²) in [5.41, 5.74) is 0.499. The lowest BCUT2D eigenvalue weighted by atomic mass is 10.1. The van der Waals surface area contributed by atoms with Gasteiger partial charge in [0, 0.05) is 0 Å². The van der Waals surface area contributed by atoms with Gasteiger partial charge in [0.1, 0.15) is 12.4 Å². The van der Waals surface area contributed by atoms with E-state index < -0.39 is 0 Å². The van der Waals surface area contributed by atoms with Crippen LogP contribution in [0.4, 0.5) is 0 Å². The molecule has 1 amide bonds. The fraction of sp³-hybridized carbons (Fsp3) is 0.278. The Bertz CT molecular complexity index is 701. The van der Waals surface area contributed by atoms with Gasteiger partial charge in [-0.15, -0.1) is 0 Å². The molecule has 1 N–H and O–H groups in total. The standard InChI is InChI=1S/C18H19NO4/c1-12(17-11-22-15-9-5-6-10-16(15)23-17)19-18(20)13-7-3-4-8-14(13)21-2/h3-10,12,17H,11H2,1-2H3,(H,19,20)/t12-,17-/m1/s1. The van der Waals surface area contributed by atoms with E-state index in [-0.39, 0.29) is 18.1 Å². The van der Waals surface area contributed by atoms with Gasteiger partial charge in [0.25, 0.3) is 5.91 Å². The maximum absolute atomic E-state index is 12.4. The molecule has 5 nitrogen and oxygen atoms in total. The number of benzene rings is 2. The van der Waals surface area contributed by atoms with Crippen LogP contribution in [0.15, 0.2) is 48.5 Å². The Morgan fingerprint density at radius 3 is 2.65 bits per heavy atom. The summed E-state index contributed by atoms with van der Waals surface area (Å²) in [7, 11) is 1.55.